The standard InChI is InChI=1S/C36H44N2O2Si/c1-35(2,3)41(32-21-11-7-12-22-32,33-23-13-8-14-24-33)39-29-31-20-17-26-36(25-15-4-5-16-27-37)28-34(40-38(31)36)30-18-9-6-10-19-30/h5-14,16,18-19,21-24,31,34H,4,15,17,20,25-26,28-29H2,1-3H3/b16-5-/t31-,34+,36-/m0/s1. The van der Waals surface area contributed by atoms with Crippen LogP contribution in [0.4, 0.5) is 0 Å². The van der Waals surface area contributed by atoms with Gasteiger partial charge in [-0.05, 0) is 59.5 Å². The number of hydroxylamine groups is 2. The molecular weight excluding hydrogens is 520 g/mol. The monoisotopic (exact) mass is 564 g/mol. The van der Waals surface area contributed by atoms with Crippen molar-refractivity contribution in [3.05, 3.63) is 109 Å². The fourth-order valence-electron chi connectivity index (χ4n) is 7.19. The largest absolute Gasteiger partial charge is 0.406 e. The van der Waals surface area contributed by atoms with Gasteiger partial charge in [0.25, 0.3) is 8.32 Å². The van der Waals surface area contributed by atoms with Crippen LogP contribution in [-0.4, -0.2) is 31.6 Å². The molecule has 0 radical (unpaired) electrons. The SMILES string of the molecule is CC(C)(C)[Si](OC[C@@H]1CCC[C@@]2(CCC/C=C\C#N)C[C@H](c3ccccc3)ON12)(c1ccccc1)c1ccccc1. The molecule has 2 fully saturated rings. The Labute approximate surface area is 247 Å². The van der Waals surface area contributed by atoms with E-state index >= 15 is 0 Å². The molecule has 2 saturated heterocycles. The van der Waals surface area contributed by atoms with Gasteiger partial charge in [-0.3, -0.25) is 4.84 Å². The van der Waals surface area contributed by atoms with Crippen molar-refractivity contribution in [1.29, 1.82) is 5.26 Å². The number of rotatable bonds is 10. The Morgan fingerprint density at radius 3 is 2.17 bits per heavy atom. The summed E-state index contributed by atoms with van der Waals surface area (Å²) >= 11 is 0. The lowest BCUT2D eigenvalue weighted by Gasteiger charge is -2.48. The van der Waals surface area contributed by atoms with Crippen molar-refractivity contribution >= 4 is 18.7 Å². The molecule has 3 aromatic rings. The predicted octanol–water partition coefficient (Wildman–Crippen LogP) is 7.48. The molecular formula is C36H44N2O2Si. The van der Waals surface area contributed by atoms with Gasteiger partial charge in [-0.15, -0.1) is 0 Å². The molecule has 214 valence electrons. The Morgan fingerprint density at radius 2 is 1.59 bits per heavy atom. The van der Waals surface area contributed by atoms with Crippen LogP contribution in [0.1, 0.15) is 77.4 Å². The zero-order valence-electron chi connectivity index (χ0n) is 24.8. The first-order valence-electron chi connectivity index (χ1n) is 15.2. The minimum atomic E-state index is -2.64. The molecule has 0 unspecified atom stereocenters. The maximum absolute atomic E-state index is 8.93. The van der Waals surface area contributed by atoms with Crippen molar-refractivity contribution < 1.29 is 9.26 Å². The lowest BCUT2D eigenvalue weighted by molar-refractivity contribution is -0.236. The maximum atomic E-state index is 8.93. The molecule has 2 aliphatic heterocycles. The molecule has 2 aliphatic rings. The molecule has 5 rings (SSSR count). The number of fused-ring (bicyclic) bond motifs is 1. The Bertz CT molecular complexity index is 1280. The van der Waals surface area contributed by atoms with Crippen molar-refractivity contribution in [2.24, 2.45) is 0 Å². The van der Waals surface area contributed by atoms with E-state index in [1.807, 2.05) is 6.08 Å². The molecule has 0 amide bonds. The summed E-state index contributed by atoms with van der Waals surface area (Å²) in [6.07, 6.45) is 11.0. The lowest BCUT2D eigenvalue weighted by atomic mass is 9.78. The number of benzene rings is 3. The van der Waals surface area contributed by atoms with E-state index in [0.29, 0.717) is 6.61 Å². The highest BCUT2D eigenvalue weighted by molar-refractivity contribution is 6.99. The van der Waals surface area contributed by atoms with Gasteiger partial charge in [0.1, 0.15) is 6.10 Å². The fourth-order valence-corrected chi connectivity index (χ4v) is 11.8. The molecule has 0 N–H and O–H groups in total. The topological polar surface area (TPSA) is 45.5 Å². The van der Waals surface area contributed by atoms with Gasteiger partial charge in [0.15, 0.2) is 0 Å². The lowest BCUT2D eigenvalue weighted by Crippen LogP contribution is -2.67. The molecule has 3 aromatic carbocycles. The van der Waals surface area contributed by atoms with Crippen LogP contribution in [0.3, 0.4) is 0 Å². The summed E-state index contributed by atoms with van der Waals surface area (Å²) in [5.41, 5.74) is 1.23. The third-order valence-corrected chi connectivity index (χ3v) is 14.1. The summed E-state index contributed by atoms with van der Waals surface area (Å²) in [5, 5.41) is 13.9. The molecule has 0 aliphatic carbocycles. The highest BCUT2D eigenvalue weighted by atomic mass is 28.4. The quantitative estimate of drug-likeness (QED) is 0.145. The summed E-state index contributed by atoms with van der Waals surface area (Å²) in [6.45, 7) is 7.68. The molecule has 5 heteroatoms. The second-order valence-electron chi connectivity index (χ2n) is 12.7. The van der Waals surface area contributed by atoms with E-state index in [-0.39, 0.29) is 22.7 Å². The molecule has 4 nitrogen and oxygen atoms in total. The zero-order chi connectivity index (χ0) is 28.8. The molecule has 3 atom stereocenters. The van der Waals surface area contributed by atoms with E-state index in [1.54, 1.807) is 6.08 Å². The van der Waals surface area contributed by atoms with Crippen molar-refractivity contribution in [3.8, 4) is 6.07 Å². The van der Waals surface area contributed by atoms with Crippen molar-refractivity contribution in [2.75, 3.05) is 6.61 Å². The van der Waals surface area contributed by atoms with Crippen LogP contribution in [0.5, 0.6) is 0 Å². The third-order valence-electron chi connectivity index (χ3n) is 9.07. The van der Waals surface area contributed by atoms with Gasteiger partial charge >= 0.3 is 0 Å². The third kappa shape index (κ3) is 6.12. The Hall–Kier alpha value is -3.01. The van der Waals surface area contributed by atoms with Crippen LogP contribution in [0, 0.1) is 11.3 Å². The average Bonchev–Trinajstić information content (AvgIpc) is 3.39. The molecule has 0 bridgehead atoms. The fraction of sp³-hybridized carbons (Fsp3) is 0.417. The molecule has 0 spiro atoms. The van der Waals surface area contributed by atoms with E-state index < -0.39 is 8.32 Å². The van der Waals surface area contributed by atoms with E-state index in [9.17, 15) is 0 Å². The minimum Gasteiger partial charge on any atom is -0.406 e. The van der Waals surface area contributed by atoms with E-state index in [1.165, 1.54) is 22.4 Å². The number of piperidine rings is 1. The predicted molar refractivity (Wildman–Crippen MR) is 169 cm³/mol. The van der Waals surface area contributed by atoms with Crippen LogP contribution in [0.25, 0.3) is 0 Å². The van der Waals surface area contributed by atoms with Crippen LogP contribution in [0.2, 0.25) is 5.04 Å². The van der Waals surface area contributed by atoms with Crippen molar-refractivity contribution in [1.82, 2.24) is 5.06 Å². The summed E-state index contributed by atoms with van der Waals surface area (Å²) in [5.74, 6) is 0. The highest BCUT2D eigenvalue weighted by Crippen LogP contribution is 2.50. The van der Waals surface area contributed by atoms with Gasteiger partial charge in [0, 0.05) is 18.0 Å². The van der Waals surface area contributed by atoms with Gasteiger partial charge in [-0.25, -0.2) is 0 Å². The van der Waals surface area contributed by atoms with E-state index in [0.717, 1.165) is 38.5 Å². The maximum Gasteiger partial charge on any atom is 0.261 e. The second kappa shape index (κ2) is 12.9. The average molecular weight is 565 g/mol. The first kappa shape index (κ1) is 29.5. The number of nitrogens with zero attached hydrogens (tertiary/aromatic N) is 2. The summed E-state index contributed by atoms with van der Waals surface area (Å²) in [7, 11) is -2.64. The highest BCUT2D eigenvalue weighted by Gasteiger charge is 2.54. The normalized spacial score (nSPS) is 23.4. The Kier molecular flexibility index (Phi) is 9.26. The summed E-state index contributed by atoms with van der Waals surface area (Å²) < 4.78 is 7.43. The summed E-state index contributed by atoms with van der Waals surface area (Å²) in [4.78, 5) is 6.91. The molecule has 2 heterocycles. The van der Waals surface area contributed by atoms with Gasteiger partial charge in [0.2, 0.25) is 0 Å². The smallest absolute Gasteiger partial charge is 0.261 e. The van der Waals surface area contributed by atoms with Gasteiger partial charge in [-0.1, -0.05) is 118 Å². The number of hydrogen-bond donors (Lipinski definition) is 0. The van der Waals surface area contributed by atoms with Crippen LogP contribution < -0.4 is 10.4 Å². The first-order chi connectivity index (χ1) is 19.9. The number of nitriles is 1. The van der Waals surface area contributed by atoms with Crippen LogP contribution >= 0.6 is 0 Å². The van der Waals surface area contributed by atoms with Gasteiger partial charge < -0.3 is 4.43 Å². The molecule has 0 aromatic heterocycles. The van der Waals surface area contributed by atoms with E-state index in [4.69, 9.17) is 14.5 Å². The molecule has 0 saturated carbocycles. The Morgan fingerprint density at radius 1 is 0.976 bits per heavy atom. The Balaban J connectivity index is 1.46. The zero-order valence-corrected chi connectivity index (χ0v) is 25.8. The van der Waals surface area contributed by atoms with E-state index in [2.05, 4.69) is 123 Å². The number of hydrogen-bond acceptors (Lipinski definition) is 4. The first-order valence-corrected chi connectivity index (χ1v) is 17.1. The molecule has 41 heavy (non-hydrogen) atoms. The van der Waals surface area contributed by atoms with Crippen molar-refractivity contribution in [3.63, 3.8) is 0 Å². The van der Waals surface area contributed by atoms with Gasteiger partial charge in [0.05, 0.1) is 18.7 Å². The number of allylic oxidation sites excluding steroid dienone is 2. The van der Waals surface area contributed by atoms with Crippen molar-refractivity contribution in [2.45, 2.75) is 88.4 Å². The van der Waals surface area contributed by atoms with Crippen LogP contribution in [0.15, 0.2) is 103 Å². The second-order valence-corrected chi connectivity index (χ2v) is 17.0. The van der Waals surface area contributed by atoms with Gasteiger partial charge in [-0.2, -0.15) is 10.3 Å². The van der Waals surface area contributed by atoms with Crippen LogP contribution in [-0.2, 0) is 9.26 Å². The minimum absolute atomic E-state index is 0.0152. The summed E-state index contributed by atoms with van der Waals surface area (Å²) in [6, 6.07) is 34.9. The number of unbranched alkanes of at least 4 members (excludes halogenated alkanes) is 1.